The highest BCUT2D eigenvalue weighted by molar-refractivity contribution is 5.77. The Morgan fingerprint density at radius 2 is 1.03 bits per heavy atom. The Hall–Kier alpha value is -1.54. The molecule has 0 unspecified atom stereocenters. The van der Waals surface area contributed by atoms with E-state index >= 15 is 0 Å². The van der Waals surface area contributed by atoms with Gasteiger partial charge in [-0.2, -0.15) is 0 Å². The molecule has 0 aliphatic carbocycles. The zero-order chi connectivity index (χ0) is 29.0. The Bertz CT molecular complexity index is 643. The SMILES string of the molecule is CCCN(N)CCC.O=C(CCC(=O)O[C@H]1O[C@H](CO)[C@H](O)[C@H](O)[C@H]1O)O[C@H]1O[C@H](CO)[C@H](O)[C@H](O)[C@H]1O. The van der Waals surface area contributed by atoms with Gasteiger partial charge in [-0.05, 0) is 12.8 Å². The first-order valence-corrected chi connectivity index (χ1v) is 12.4. The molecule has 2 aliphatic heterocycles. The number of nitrogens with zero attached hydrogens (tertiary/aromatic N) is 1. The van der Waals surface area contributed by atoms with E-state index in [1.165, 1.54) is 0 Å². The highest BCUT2D eigenvalue weighted by atomic mass is 16.7. The van der Waals surface area contributed by atoms with Gasteiger partial charge < -0.3 is 59.8 Å². The lowest BCUT2D eigenvalue weighted by atomic mass is 9.99. The molecule has 0 spiro atoms. The summed E-state index contributed by atoms with van der Waals surface area (Å²) >= 11 is 0. The third-order valence-corrected chi connectivity index (χ3v) is 5.75. The second-order valence-electron chi connectivity index (χ2n) is 8.91. The van der Waals surface area contributed by atoms with Crippen LogP contribution in [0.15, 0.2) is 0 Å². The van der Waals surface area contributed by atoms with Crippen LogP contribution in [-0.4, -0.2) is 146 Å². The summed E-state index contributed by atoms with van der Waals surface area (Å²) in [6, 6.07) is 0. The smallest absolute Gasteiger partial charge is 0.308 e. The normalized spacial score (nSPS) is 35.3. The molecule has 16 nitrogen and oxygen atoms in total. The predicted molar refractivity (Wildman–Crippen MR) is 125 cm³/mol. The molecule has 2 aliphatic rings. The van der Waals surface area contributed by atoms with E-state index < -0.39 is 99.4 Å². The minimum atomic E-state index is -1.80. The van der Waals surface area contributed by atoms with Crippen molar-refractivity contribution in [3.63, 3.8) is 0 Å². The fourth-order valence-corrected chi connectivity index (χ4v) is 3.60. The van der Waals surface area contributed by atoms with Gasteiger partial charge in [0.1, 0.15) is 48.8 Å². The number of ether oxygens (including phenoxy) is 4. The molecule has 0 aromatic carbocycles. The van der Waals surface area contributed by atoms with Crippen LogP contribution in [0.3, 0.4) is 0 Å². The van der Waals surface area contributed by atoms with Gasteiger partial charge in [-0.25, -0.2) is 5.01 Å². The highest BCUT2D eigenvalue weighted by Crippen LogP contribution is 2.24. The molecule has 0 bridgehead atoms. The number of hydrazine groups is 1. The Balaban J connectivity index is 0.000000781. The average Bonchev–Trinajstić information content (AvgIpc) is 2.88. The summed E-state index contributed by atoms with van der Waals surface area (Å²) < 4.78 is 19.6. The van der Waals surface area contributed by atoms with Crippen LogP contribution in [-0.2, 0) is 28.5 Å². The summed E-state index contributed by atoms with van der Waals surface area (Å²) in [4.78, 5) is 23.8. The summed E-state index contributed by atoms with van der Waals surface area (Å²) in [7, 11) is 0. The fourth-order valence-electron chi connectivity index (χ4n) is 3.60. The number of carbonyl (C=O) groups is 2. The van der Waals surface area contributed by atoms with Gasteiger partial charge in [0.15, 0.2) is 0 Å². The van der Waals surface area contributed by atoms with Crippen molar-refractivity contribution in [2.75, 3.05) is 26.3 Å². The molecule has 0 radical (unpaired) electrons. The summed E-state index contributed by atoms with van der Waals surface area (Å²) in [5.41, 5.74) is 0. The molecule has 0 amide bonds. The van der Waals surface area contributed by atoms with Crippen LogP contribution >= 0.6 is 0 Å². The van der Waals surface area contributed by atoms with Crippen molar-refractivity contribution in [2.45, 2.75) is 101 Å². The maximum Gasteiger partial charge on any atom is 0.308 e. The molecule has 224 valence electrons. The zero-order valence-electron chi connectivity index (χ0n) is 21.5. The number of rotatable bonds is 11. The van der Waals surface area contributed by atoms with Crippen molar-refractivity contribution in [3.8, 4) is 0 Å². The number of carbonyl (C=O) groups excluding carboxylic acids is 2. The topological polar surface area (TPSA) is 262 Å². The van der Waals surface area contributed by atoms with Crippen LogP contribution < -0.4 is 5.84 Å². The molecule has 2 rings (SSSR count). The van der Waals surface area contributed by atoms with Crippen molar-refractivity contribution in [1.82, 2.24) is 5.01 Å². The lowest BCUT2D eigenvalue weighted by molar-refractivity contribution is -0.294. The molecule has 38 heavy (non-hydrogen) atoms. The second-order valence-corrected chi connectivity index (χ2v) is 8.91. The fraction of sp³-hybridized carbons (Fsp3) is 0.909. The van der Waals surface area contributed by atoms with Crippen LogP contribution in [0.25, 0.3) is 0 Å². The first kappa shape index (κ1) is 34.5. The first-order chi connectivity index (χ1) is 17.9. The van der Waals surface area contributed by atoms with Gasteiger partial charge in [0.2, 0.25) is 12.6 Å². The molecule has 2 heterocycles. The Morgan fingerprint density at radius 1 is 0.684 bits per heavy atom. The summed E-state index contributed by atoms with van der Waals surface area (Å²) in [5, 5.41) is 78.2. The van der Waals surface area contributed by atoms with Crippen LogP contribution in [0.1, 0.15) is 39.5 Å². The maximum absolute atomic E-state index is 11.9. The Labute approximate surface area is 220 Å². The van der Waals surface area contributed by atoms with Gasteiger partial charge in [0, 0.05) is 13.1 Å². The molecule has 2 fully saturated rings. The summed E-state index contributed by atoms with van der Waals surface area (Å²) in [6.07, 6.45) is -15.2. The summed E-state index contributed by atoms with van der Waals surface area (Å²) in [6.45, 7) is 4.88. The van der Waals surface area contributed by atoms with Gasteiger partial charge in [0.25, 0.3) is 0 Å². The van der Waals surface area contributed by atoms with E-state index in [2.05, 4.69) is 13.8 Å². The van der Waals surface area contributed by atoms with Crippen molar-refractivity contribution in [1.29, 1.82) is 0 Å². The average molecular weight is 559 g/mol. The van der Waals surface area contributed by atoms with Crippen molar-refractivity contribution >= 4 is 11.9 Å². The van der Waals surface area contributed by atoms with E-state index in [0.29, 0.717) is 0 Å². The number of aliphatic hydroxyl groups excluding tert-OH is 8. The van der Waals surface area contributed by atoms with Gasteiger partial charge in [-0.15, -0.1) is 0 Å². The standard InChI is InChI=1S/C16H26O14.C6H16N2/c17-3-5-9(21)11(23)13(25)15(27-5)29-7(19)1-2-8(20)30-16-14(26)12(24)10(22)6(4-18)28-16;1-3-5-8(7)6-4-2/h5-6,9-18,21-26H,1-4H2;3-7H2,1-2H3/t5-,6-,9+,10+,11+,12+,13-,14-,15-,16-;/m1./s1. The highest BCUT2D eigenvalue weighted by Gasteiger charge is 2.46. The number of esters is 2. The lowest BCUT2D eigenvalue weighted by Gasteiger charge is -2.39. The lowest BCUT2D eigenvalue weighted by Crippen LogP contribution is -2.59. The van der Waals surface area contributed by atoms with Gasteiger partial charge >= 0.3 is 11.9 Å². The minimum absolute atomic E-state index is 0.578. The number of hydrogen-bond donors (Lipinski definition) is 9. The van der Waals surface area contributed by atoms with E-state index in [1.54, 1.807) is 0 Å². The van der Waals surface area contributed by atoms with Gasteiger partial charge in [0.05, 0.1) is 26.1 Å². The van der Waals surface area contributed by atoms with E-state index in [4.69, 9.17) is 35.0 Å². The molecule has 0 aromatic rings. The number of hydrogen-bond acceptors (Lipinski definition) is 16. The van der Waals surface area contributed by atoms with Crippen LogP contribution in [0.5, 0.6) is 0 Å². The molecule has 0 aromatic heterocycles. The zero-order valence-corrected chi connectivity index (χ0v) is 21.5. The van der Waals surface area contributed by atoms with E-state index in [0.717, 1.165) is 25.9 Å². The Morgan fingerprint density at radius 3 is 1.32 bits per heavy atom. The van der Waals surface area contributed by atoms with E-state index in [1.807, 2.05) is 5.01 Å². The first-order valence-electron chi connectivity index (χ1n) is 12.4. The van der Waals surface area contributed by atoms with Crippen molar-refractivity contribution in [3.05, 3.63) is 0 Å². The third kappa shape index (κ3) is 10.2. The van der Waals surface area contributed by atoms with Crippen molar-refractivity contribution in [2.24, 2.45) is 5.84 Å². The van der Waals surface area contributed by atoms with Crippen LogP contribution in [0.2, 0.25) is 0 Å². The largest absolute Gasteiger partial charge is 0.433 e. The molecule has 0 saturated carbocycles. The number of aliphatic hydroxyl groups is 8. The van der Waals surface area contributed by atoms with Gasteiger partial charge in [-0.3, -0.25) is 15.4 Å². The van der Waals surface area contributed by atoms with E-state index in [9.17, 15) is 40.2 Å². The molecular formula is C22H42N2O14. The van der Waals surface area contributed by atoms with Gasteiger partial charge in [-0.1, -0.05) is 13.8 Å². The molecular weight excluding hydrogens is 516 g/mol. The number of nitrogens with two attached hydrogens (primary N) is 1. The van der Waals surface area contributed by atoms with Crippen LogP contribution in [0, 0.1) is 0 Å². The molecule has 10 N–H and O–H groups in total. The second kappa shape index (κ2) is 17.2. The van der Waals surface area contributed by atoms with Crippen molar-refractivity contribution < 1.29 is 69.4 Å². The molecule has 2 saturated heterocycles. The monoisotopic (exact) mass is 558 g/mol. The third-order valence-electron chi connectivity index (χ3n) is 5.75. The summed E-state index contributed by atoms with van der Waals surface area (Å²) in [5.74, 6) is 3.43. The molecule has 10 atom stereocenters. The van der Waals surface area contributed by atoms with E-state index in [-0.39, 0.29) is 0 Å². The Kier molecular flexibility index (Phi) is 15.6. The molecule has 16 heteroatoms. The predicted octanol–water partition coefficient (Wildman–Crippen LogP) is -4.57. The maximum atomic E-state index is 11.9. The quantitative estimate of drug-likeness (QED) is 0.0656. The van der Waals surface area contributed by atoms with Crippen LogP contribution in [0.4, 0.5) is 0 Å². The minimum Gasteiger partial charge on any atom is -0.433 e.